The molecular formula is C18H12O. The van der Waals surface area contributed by atoms with Crippen molar-refractivity contribution in [3.63, 3.8) is 0 Å². The van der Waals surface area contributed by atoms with Crippen molar-refractivity contribution >= 4 is 0 Å². The van der Waals surface area contributed by atoms with Crippen molar-refractivity contribution in [1.29, 1.82) is 0 Å². The lowest BCUT2D eigenvalue weighted by Gasteiger charge is -2.32. The van der Waals surface area contributed by atoms with Gasteiger partial charge in [0.25, 0.3) is 0 Å². The number of rotatable bonds is 0. The summed E-state index contributed by atoms with van der Waals surface area (Å²) in [7, 11) is 0. The highest BCUT2D eigenvalue weighted by molar-refractivity contribution is 5.76. The number of aliphatic hydroxyl groups is 1. The Morgan fingerprint density at radius 1 is 1.05 bits per heavy atom. The van der Waals surface area contributed by atoms with Crippen LogP contribution >= 0.6 is 0 Å². The molecule has 5 rings (SSSR count). The standard InChI is InChI=1S/C18H12O/c19-13-5-7-17-15-6-4-11-2-1-3-14(11)16(15)8-12-9-18(12,17)10-13/h1-10,14,19H. The maximum Gasteiger partial charge on any atom is 0.113 e. The largest absolute Gasteiger partial charge is 0.508 e. The Morgan fingerprint density at radius 3 is 2.95 bits per heavy atom. The van der Waals surface area contributed by atoms with E-state index in [0.717, 1.165) is 0 Å². The predicted molar refractivity (Wildman–Crippen MR) is 75.3 cm³/mol. The third kappa shape index (κ3) is 1.03. The Hall–Kier alpha value is -2.28. The molecule has 5 aliphatic carbocycles. The van der Waals surface area contributed by atoms with E-state index in [1.165, 1.54) is 27.9 Å². The minimum absolute atomic E-state index is 0.106. The molecule has 2 unspecified atom stereocenters. The SMILES string of the molecule is OC1=CC23C=C2C=C2C(=C3C=C1)C=CC1=CC=CC12. The summed E-state index contributed by atoms with van der Waals surface area (Å²) in [5, 5.41) is 9.75. The van der Waals surface area contributed by atoms with Crippen molar-refractivity contribution in [3.05, 3.63) is 94.4 Å². The number of allylic oxidation sites excluding steroid dienone is 15. The number of hydrogen-bond acceptors (Lipinski definition) is 1. The van der Waals surface area contributed by atoms with Gasteiger partial charge in [-0.25, -0.2) is 0 Å². The molecule has 0 aromatic carbocycles. The maximum absolute atomic E-state index is 9.75. The number of aliphatic hydroxyl groups excluding tert-OH is 1. The lowest BCUT2D eigenvalue weighted by atomic mass is 9.71. The molecule has 0 aliphatic heterocycles. The Balaban J connectivity index is 1.77. The van der Waals surface area contributed by atoms with Crippen molar-refractivity contribution < 1.29 is 5.11 Å². The van der Waals surface area contributed by atoms with Gasteiger partial charge in [0.15, 0.2) is 0 Å². The van der Waals surface area contributed by atoms with Gasteiger partial charge in [0.2, 0.25) is 0 Å². The van der Waals surface area contributed by atoms with E-state index in [9.17, 15) is 5.11 Å². The molecular weight excluding hydrogens is 232 g/mol. The van der Waals surface area contributed by atoms with Gasteiger partial charge in [0.1, 0.15) is 5.76 Å². The molecule has 19 heavy (non-hydrogen) atoms. The van der Waals surface area contributed by atoms with Gasteiger partial charge >= 0.3 is 0 Å². The van der Waals surface area contributed by atoms with Gasteiger partial charge in [-0.1, -0.05) is 48.6 Å². The van der Waals surface area contributed by atoms with E-state index in [0.29, 0.717) is 11.7 Å². The van der Waals surface area contributed by atoms with Crippen LogP contribution in [0.15, 0.2) is 94.4 Å². The molecule has 1 heteroatoms. The van der Waals surface area contributed by atoms with Crippen molar-refractivity contribution in [2.75, 3.05) is 0 Å². The maximum atomic E-state index is 9.75. The summed E-state index contributed by atoms with van der Waals surface area (Å²) in [4.78, 5) is 0. The first kappa shape index (κ1) is 9.62. The Labute approximate surface area is 111 Å². The topological polar surface area (TPSA) is 20.2 Å². The van der Waals surface area contributed by atoms with E-state index in [1.54, 1.807) is 6.08 Å². The monoisotopic (exact) mass is 244 g/mol. The molecule has 1 N–H and O–H groups in total. The van der Waals surface area contributed by atoms with E-state index in [-0.39, 0.29) is 5.41 Å². The smallest absolute Gasteiger partial charge is 0.113 e. The van der Waals surface area contributed by atoms with Crippen LogP contribution in [0.3, 0.4) is 0 Å². The van der Waals surface area contributed by atoms with Gasteiger partial charge < -0.3 is 5.11 Å². The van der Waals surface area contributed by atoms with Crippen LogP contribution in [0.25, 0.3) is 0 Å². The molecule has 0 amide bonds. The van der Waals surface area contributed by atoms with Gasteiger partial charge in [-0.3, -0.25) is 0 Å². The molecule has 0 fully saturated rings. The lowest BCUT2D eigenvalue weighted by Crippen LogP contribution is -2.19. The quantitative estimate of drug-likeness (QED) is 0.686. The lowest BCUT2D eigenvalue weighted by molar-refractivity contribution is 0.423. The van der Waals surface area contributed by atoms with Gasteiger partial charge in [0, 0.05) is 5.92 Å². The molecule has 0 aromatic rings. The fourth-order valence-electron chi connectivity index (χ4n) is 3.67. The molecule has 0 saturated heterocycles. The van der Waals surface area contributed by atoms with Crippen molar-refractivity contribution in [2.45, 2.75) is 0 Å². The highest BCUT2D eigenvalue weighted by Gasteiger charge is 2.49. The van der Waals surface area contributed by atoms with Crippen molar-refractivity contribution in [1.82, 2.24) is 0 Å². The Kier molecular flexibility index (Phi) is 1.43. The van der Waals surface area contributed by atoms with Crippen LogP contribution in [-0.2, 0) is 0 Å². The second-order valence-electron chi connectivity index (χ2n) is 5.66. The molecule has 0 heterocycles. The molecule has 0 bridgehead atoms. The van der Waals surface area contributed by atoms with E-state index in [1.807, 2.05) is 6.08 Å². The van der Waals surface area contributed by atoms with Crippen molar-refractivity contribution in [2.24, 2.45) is 11.3 Å². The zero-order valence-corrected chi connectivity index (χ0v) is 10.3. The highest BCUT2D eigenvalue weighted by Crippen LogP contribution is 2.61. The van der Waals surface area contributed by atoms with E-state index in [2.05, 4.69) is 48.6 Å². The fraction of sp³-hybridized carbons (Fsp3) is 0.111. The van der Waals surface area contributed by atoms with E-state index >= 15 is 0 Å². The normalized spacial score (nSPS) is 35.7. The zero-order chi connectivity index (χ0) is 12.6. The van der Waals surface area contributed by atoms with E-state index in [4.69, 9.17) is 0 Å². The summed E-state index contributed by atoms with van der Waals surface area (Å²) in [5.41, 5.74) is 6.64. The van der Waals surface area contributed by atoms with Crippen LogP contribution in [-0.4, -0.2) is 5.11 Å². The van der Waals surface area contributed by atoms with Gasteiger partial charge in [0.05, 0.1) is 5.41 Å². The fourth-order valence-corrected chi connectivity index (χ4v) is 3.67. The van der Waals surface area contributed by atoms with Gasteiger partial charge in [-0.2, -0.15) is 0 Å². The van der Waals surface area contributed by atoms with Crippen LogP contribution in [0.2, 0.25) is 0 Å². The molecule has 5 aliphatic rings. The van der Waals surface area contributed by atoms with Crippen LogP contribution in [0, 0.1) is 11.3 Å². The molecule has 0 aromatic heterocycles. The third-order valence-corrected chi connectivity index (χ3v) is 4.66. The summed E-state index contributed by atoms with van der Waals surface area (Å²) in [6, 6.07) is 0. The average Bonchev–Trinajstić information content (AvgIpc) is 2.87. The van der Waals surface area contributed by atoms with Crippen LogP contribution in [0.4, 0.5) is 0 Å². The van der Waals surface area contributed by atoms with Crippen LogP contribution in [0.5, 0.6) is 0 Å². The predicted octanol–water partition coefficient (Wildman–Crippen LogP) is 3.84. The number of hydrogen-bond donors (Lipinski definition) is 1. The summed E-state index contributed by atoms with van der Waals surface area (Å²) in [6.07, 6.45) is 21.4. The second kappa shape index (κ2) is 2.83. The summed E-state index contributed by atoms with van der Waals surface area (Å²) < 4.78 is 0. The molecule has 0 radical (unpaired) electrons. The Bertz CT molecular complexity index is 775. The summed E-state index contributed by atoms with van der Waals surface area (Å²) >= 11 is 0. The molecule has 90 valence electrons. The minimum Gasteiger partial charge on any atom is -0.508 e. The molecule has 2 atom stereocenters. The summed E-state index contributed by atoms with van der Waals surface area (Å²) in [6.45, 7) is 0. The van der Waals surface area contributed by atoms with Gasteiger partial charge in [-0.15, -0.1) is 0 Å². The molecule has 1 nitrogen and oxygen atoms in total. The second-order valence-corrected chi connectivity index (χ2v) is 5.66. The molecule has 1 spiro atoms. The number of fused-ring (bicyclic) bond motifs is 3. The third-order valence-electron chi connectivity index (χ3n) is 4.66. The minimum atomic E-state index is -0.106. The average molecular weight is 244 g/mol. The van der Waals surface area contributed by atoms with Crippen LogP contribution < -0.4 is 0 Å². The van der Waals surface area contributed by atoms with E-state index < -0.39 is 0 Å². The van der Waals surface area contributed by atoms with Gasteiger partial charge in [-0.05, 0) is 40.0 Å². The van der Waals surface area contributed by atoms with Crippen molar-refractivity contribution in [3.8, 4) is 0 Å². The zero-order valence-electron chi connectivity index (χ0n) is 10.3. The first-order valence-corrected chi connectivity index (χ1v) is 6.64. The highest BCUT2D eigenvalue weighted by atomic mass is 16.3. The summed E-state index contributed by atoms with van der Waals surface area (Å²) in [5.74, 6) is 0.786. The first-order valence-electron chi connectivity index (χ1n) is 6.64. The molecule has 0 saturated carbocycles. The Morgan fingerprint density at radius 2 is 2.00 bits per heavy atom. The first-order chi connectivity index (χ1) is 9.28. The van der Waals surface area contributed by atoms with Crippen LogP contribution in [0.1, 0.15) is 0 Å².